The van der Waals surface area contributed by atoms with Crippen molar-refractivity contribution in [2.75, 3.05) is 5.73 Å². The molecule has 3 rings (SSSR count). The van der Waals surface area contributed by atoms with E-state index in [1.807, 2.05) is 36.9 Å². The van der Waals surface area contributed by atoms with Gasteiger partial charge in [0, 0.05) is 24.2 Å². The van der Waals surface area contributed by atoms with Crippen LogP contribution in [0.3, 0.4) is 0 Å². The molecule has 0 atom stereocenters. The quantitative estimate of drug-likeness (QED) is 0.773. The number of hydrogen-bond donors (Lipinski definition) is 1. The lowest BCUT2D eigenvalue weighted by atomic mass is 10.1. The standard InChI is InChI=1S/C15H15N5/c1-9(2)14-11-8-10(4-5-13(11)19-20(14)3)12-6-7-17-15(16)18-12/h4-8H,1H2,2-3H3,(H2,16,17,18). The molecule has 0 radical (unpaired) electrons. The molecule has 0 aliphatic rings. The zero-order valence-electron chi connectivity index (χ0n) is 11.5. The Labute approximate surface area is 116 Å². The van der Waals surface area contributed by atoms with E-state index in [0.717, 1.165) is 33.4 Å². The van der Waals surface area contributed by atoms with E-state index in [1.165, 1.54) is 0 Å². The SMILES string of the molecule is C=C(C)c1c2cc(-c3ccnc(N)n3)ccc2nn1C. The summed E-state index contributed by atoms with van der Waals surface area (Å²) >= 11 is 0. The average Bonchev–Trinajstić information content (AvgIpc) is 2.73. The molecule has 0 aliphatic heterocycles. The predicted octanol–water partition coefficient (Wildman–Crippen LogP) is 2.65. The lowest BCUT2D eigenvalue weighted by molar-refractivity contribution is 0.767. The number of hydrogen-bond acceptors (Lipinski definition) is 4. The number of nitrogen functional groups attached to an aromatic ring is 1. The Hall–Kier alpha value is -2.69. The highest BCUT2D eigenvalue weighted by Gasteiger charge is 2.11. The van der Waals surface area contributed by atoms with Gasteiger partial charge in [-0.25, -0.2) is 9.97 Å². The number of allylic oxidation sites excluding steroid dienone is 1. The summed E-state index contributed by atoms with van der Waals surface area (Å²) in [6, 6.07) is 7.87. The first kappa shape index (κ1) is 12.3. The maximum Gasteiger partial charge on any atom is 0.220 e. The third-order valence-corrected chi connectivity index (χ3v) is 3.21. The molecule has 5 heteroatoms. The van der Waals surface area contributed by atoms with Crippen LogP contribution in [0.25, 0.3) is 27.7 Å². The van der Waals surface area contributed by atoms with Crippen molar-refractivity contribution in [1.82, 2.24) is 19.7 Å². The van der Waals surface area contributed by atoms with Gasteiger partial charge in [0.25, 0.3) is 0 Å². The van der Waals surface area contributed by atoms with Crippen molar-refractivity contribution in [2.45, 2.75) is 6.92 Å². The van der Waals surface area contributed by atoms with E-state index >= 15 is 0 Å². The van der Waals surface area contributed by atoms with Gasteiger partial charge in [-0.05, 0) is 30.7 Å². The summed E-state index contributed by atoms with van der Waals surface area (Å²) in [5.74, 6) is 0.272. The van der Waals surface area contributed by atoms with Gasteiger partial charge in [0.05, 0.1) is 16.9 Å². The van der Waals surface area contributed by atoms with Crippen molar-refractivity contribution in [3.63, 3.8) is 0 Å². The zero-order chi connectivity index (χ0) is 14.3. The summed E-state index contributed by atoms with van der Waals surface area (Å²) < 4.78 is 1.85. The summed E-state index contributed by atoms with van der Waals surface area (Å²) in [6.07, 6.45) is 1.66. The molecule has 20 heavy (non-hydrogen) atoms. The van der Waals surface area contributed by atoms with Gasteiger partial charge in [0.15, 0.2) is 0 Å². The summed E-state index contributed by atoms with van der Waals surface area (Å²) in [4.78, 5) is 8.16. The van der Waals surface area contributed by atoms with Gasteiger partial charge >= 0.3 is 0 Å². The maximum atomic E-state index is 5.64. The lowest BCUT2D eigenvalue weighted by Crippen LogP contribution is -1.95. The zero-order valence-corrected chi connectivity index (χ0v) is 11.5. The fourth-order valence-electron chi connectivity index (χ4n) is 2.40. The number of nitrogens with zero attached hydrogens (tertiary/aromatic N) is 4. The summed E-state index contributed by atoms with van der Waals surface area (Å²) in [5, 5.41) is 5.55. The first-order chi connectivity index (χ1) is 9.56. The van der Waals surface area contributed by atoms with E-state index in [9.17, 15) is 0 Å². The molecule has 0 saturated heterocycles. The van der Waals surface area contributed by atoms with Gasteiger partial charge < -0.3 is 5.73 Å². The van der Waals surface area contributed by atoms with E-state index in [1.54, 1.807) is 6.20 Å². The molecule has 2 aromatic heterocycles. The molecule has 1 aromatic carbocycles. The summed E-state index contributed by atoms with van der Waals surface area (Å²) in [5.41, 5.74) is 10.4. The first-order valence-electron chi connectivity index (χ1n) is 6.28. The van der Waals surface area contributed by atoms with Gasteiger partial charge in [-0.1, -0.05) is 12.6 Å². The third kappa shape index (κ3) is 1.93. The molecule has 3 aromatic rings. The number of anilines is 1. The molecule has 0 unspecified atom stereocenters. The van der Waals surface area contributed by atoms with Crippen LogP contribution in [0.15, 0.2) is 37.0 Å². The minimum Gasteiger partial charge on any atom is -0.368 e. The number of aromatic nitrogens is 4. The highest BCUT2D eigenvalue weighted by Crippen LogP contribution is 2.28. The minimum absolute atomic E-state index is 0.272. The second-order valence-corrected chi connectivity index (χ2v) is 4.78. The van der Waals surface area contributed by atoms with Crippen molar-refractivity contribution >= 4 is 22.4 Å². The Kier molecular flexibility index (Phi) is 2.75. The normalized spacial score (nSPS) is 10.9. The molecule has 0 bridgehead atoms. The van der Waals surface area contributed by atoms with Crippen molar-refractivity contribution in [3.05, 3.63) is 42.7 Å². The summed E-state index contributed by atoms with van der Waals surface area (Å²) in [7, 11) is 1.92. The topological polar surface area (TPSA) is 69.6 Å². The Morgan fingerprint density at radius 1 is 1.30 bits per heavy atom. The van der Waals surface area contributed by atoms with Crippen molar-refractivity contribution in [2.24, 2.45) is 7.05 Å². The minimum atomic E-state index is 0.272. The Morgan fingerprint density at radius 2 is 2.10 bits per heavy atom. The first-order valence-corrected chi connectivity index (χ1v) is 6.28. The molecule has 0 aliphatic carbocycles. The lowest BCUT2D eigenvalue weighted by Gasteiger charge is -2.03. The third-order valence-electron chi connectivity index (χ3n) is 3.21. The highest BCUT2D eigenvalue weighted by atomic mass is 15.3. The maximum absolute atomic E-state index is 5.64. The van der Waals surface area contributed by atoms with Crippen LogP contribution in [0.1, 0.15) is 12.6 Å². The van der Waals surface area contributed by atoms with E-state index in [4.69, 9.17) is 5.73 Å². The smallest absolute Gasteiger partial charge is 0.220 e. The molecule has 0 saturated carbocycles. The fourth-order valence-corrected chi connectivity index (χ4v) is 2.40. The van der Waals surface area contributed by atoms with E-state index in [-0.39, 0.29) is 5.95 Å². The summed E-state index contributed by atoms with van der Waals surface area (Å²) in [6.45, 7) is 6.00. The Balaban J connectivity index is 2.24. The van der Waals surface area contributed by atoms with Gasteiger partial charge in [0.1, 0.15) is 0 Å². The van der Waals surface area contributed by atoms with Gasteiger partial charge in [-0.2, -0.15) is 5.10 Å². The van der Waals surface area contributed by atoms with Gasteiger partial charge in [0.2, 0.25) is 5.95 Å². The predicted molar refractivity (Wildman–Crippen MR) is 80.9 cm³/mol. The van der Waals surface area contributed by atoms with E-state index in [0.29, 0.717) is 0 Å². The molecular formula is C15H15N5. The molecule has 0 fully saturated rings. The number of rotatable bonds is 2. The van der Waals surface area contributed by atoms with Crippen LogP contribution in [0.2, 0.25) is 0 Å². The Bertz CT molecular complexity index is 816. The van der Waals surface area contributed by atoms with Crippen LogP contribution in [0, 0.1) is 0 Å². The number of benzene rings is 1. The van der Waals surface area contributed by atoms with Crippen molar-refractivity contribution in [3.8, 4) is 11.3 Å². The number of nitrogens with two attached hydrogens (primary N) is 1. The van der Waals surface area contributed by atoms with Crippen LogP contribution >= 0.6 is 0 Å². The van der Waals surface area contributed by atoms with Gasteiger partial charge in [-0.3, -0.25) is 4.68 Å². The molecule has 0 spiro atoms. The van der Waals surface area contributed by atoms with Crippen LogP contribution in [0.5, 0.6) is 0 Å². The van der Waals surface area contributed by atoms with Crippen LogP contribution in [0.4, 0.5) is 5.95 Å². The fraction of sp³-hybridized carbons (Fsp3) is 0.133. The molecule has 100 valence electrons. The van der Waals surface area contributed by atoms with Crippen LogP contribution < -0.4 is 5.73 Å². The van der Waals surface area contributed by atoms with E-state index < -0.39 is 0 Å². The average molecular weight is 265 g/mol. The van der Waals surface area contributed by atoms with E-state index in [2.05, 4.69) is 27.7 Å². The molecule has 5 nitrogen and oxygen atoms in total. The Morgan fingerprint density at radius 3 is 2.80 bits per heavy atom. The largest absolute Gasteiger partial charge is 0.368 e. The molecule has 0 amide bonds. The van der Waals surface area contributed by atoms with Crippen LogP contribution in [-0.4, -0.2) is 19.7 Å². The van der Waals surface area contributed by atoms with Crippen molar-refractivity contribution < 1.29 is 0 Å². The molecule has 2 N–H and O–H groups in total. The highest BCUT2D eigenvalue weighted by molar-refractivity contribution is 5.92. The monoisotopic (exact) mass is 265 g/mol. The molecule has 2 heterocycles. The second kappa shape index (κ2) is 4.45. The second-order valence-electron chi connectivity index (χ2n) is 4.78. The van der Waals surface area contributed by atoms with Crippen LogP contribution in [-0.2, 0) is 7.05 Å². The molecular weight excluding hydrogens is 250 g/mol. The van der Waals surface area contributed by atoms with Gasteiger partial charge in [-0.15, -0.1) is 0 Å². The number of aryl methyl sites for hydroxylation is 1. The number of fused-ring (bicyclic) bond motifs is 1. The van der Waals surface area contributed by atoms with Crippen molar-refractivity contribution in [1.29, 1.82) is 0 Å².